The maximum absolute atomic E-state index is 10.7. The molecule has 7 heteroatoms. The zero-order chi connectivity index (χ0) is 18.5. The van der Waals surface area contributed by atoms with E-state index >= 15 is 0 Å². The van der Waals surface area contributed by atoms with Gasteiger partial charge in [0.15, 0.2) is 17.0 Å². The van der Waals surface area contributed by atoms with Crippen LogP contribution in [0.4, 0.5) is 11.5 Å². The molecule has 0 saturated carbocycles. The minimum atomic E-state index is 0.456. The molecule has 1 N–H and O–H groups in total. The molecule has 0 bridgehead atoms. The second-order valence-electron chi connectivity index (χ2n) is 5.86. The van der Waals surface area contributed by atoms with Crippen molar-refractivity contribution in [3.63, 3.8) is 0 Å². The highest BCUT2D eigenvalue weighted by atomic mass is 16.5. The first kappa shape index (κ1) is 16.7. The Morgan fingerprint density at radius 1 is 1.00 bits per heavy atom. The van der Waals surface area contributed by atoms with E-state index in [1.807, 2.05) is 34.9 Å². The summed E-state index contributed by atoms with van der Waals surface area (Å²) in [6, 6.07) is 16.8. The third-order valence-corrected chi connectivity index (χ3v) is 4.05. The van der Waals surface area contributed by atoms with Gasteiger partial charge in [-0.25, -0.2) is 15.0 Å². The molecule has 0 atom stereocenters. The van der Waals surface area contributed by atoms with Crippen molar-refractivity contribution in [1.82, 2.24) is 19.5 Å². The molecule has 2 aromatic heterocycles. The quantitative estimate of drug-likeness (QED) is 0.509. The summed E-state index contributed by atoms with van der Waals surface area (Å²) in [6.45, 7) is 1.05. The average Bonchev–Trinajstić information content (AvgIpc) is 3.14. The number of hydrogen-bond acceptors (Lipinski definition) is 6. The molecular weight excluding hydrogens is 342 g/mol. The SMILES string of the molecule is O=Cc1ccc(OCCn2cnc3c(Nc4ccccc4)ncnc32)cc1. The van der Waals surface area contributed by atoms with E-state index in [0.717, 1.165) is 17.6 Å². The second kappa shape index (κ2) is 7.65. The minimum absolute atomic E-state index is 0.456. The largest absolute Gasteiger partial charge is 0.492 e. The molecule has 134 valence electrons. The van der Waals surface area contributed by atoms with Gasteiger partial charge in [-0.2, -0.15) is 0 Å². The Morgan fingerprint density at radius 3 is 2.59 bits per heavy atom. The number of carbonyl (C=O) groups excluding carboxylic acids is 1. The van der Waals surface area contributed by atoms with Crippen LogP contribution in [-0.2, 0) is 6.54 Å². The van der Waals surface area contributed by atoms with Crippen LogP contribution in [0.1, 0.15) is 10.4 Å². The number of fused-ring (bicyclic) bond motifs is 1. The van der Waals surface area contributed by atoms with Crippen LogP contribution in [0, 0.1) is 0 Å². The minimum Gasteiger partial charge on any atom is -0.492 e. The number of para-hydroxylation sites is 1. The van der Waals surface area contributed by atoms with E-state index in [9.17, 15) is 4.79 Å². The Morgan fingerprint density at radius 2 is 1.81 bits per heavy atom. The van der Waals surface area contributed by atoms with Gasteiger partial charge >= 0.3 is 0 Å². The molecule has 4 rings (SSSR count). The van der Waals surface area contributed by atoms with E-state index in [2.05, 4.69) is 20.3 Å². The van der Waals surface area contributed by atoms with Crippen molar-refractivity contribution in [3.05, 3.63) is 72.8 Å². The number of imidazole rings is 1. The van der Waals surface area contributed by atoms with E-state index in [4.69, 9.17) is 4.74 Å². The summed E-state index contributed by atoms with van der Waals surface area (Å²) in [7, 11) is 0. The summed E-state index contributed by atoms with van der Waals surface area (Å²) in [5.74, 6) is 1.38. The van der Waals surface area contributed by atoms with Crippen LogP contribution in [0.2, 0.25) is 0 Å². The molecule has 0 fully saturated rings. The highest BCUT2D eigenvalue weighted by molar-refractivity contribution is 5.85. The van der Waals surface area contributed by atoms with Crippen molar-refractivity contribution in [2.45, 2.75) is 6.54 Å². The maximum atomic E-state index is 10.7. The first-order chi connectivity index (χ1) is 13.3. The molecule has 0 radical (unpaired) electrons. The normalized spacial score (nSPS) is 10.7. The summed E-state index contributed by atoms with van der Waals surface area (Å²) in [6.07, 6.45) is 4.06. The van der Waals surface area contributed by atoms with E-state index in [0.29, 0.717) is 35.8 Å². The second-order valence-corrected chi connectivity index (χ2v) is 5.86. The number of rotatable bonds is 7. The van der Waals surface area contributed by atoms with Crippen LogP contribution in [0.3, 0.4) is 0 Å². The predicted octanol–water partition coefficient (Wildman–Crippen LogP) is 3.46. The van der Waals surface area contributed by atoms with Crippen LogP contribution in [0.15, 0.2) is 67.3 Å². The first-order valence-electron chi connectivity index (χ1n) is 8.49. The molecule has 27 heavy (non-hydrogen) atoms. The monoisotopic (exact) mass is 359 g/mol. The third-order valence-electron chi connectivity index (χ3n) is 4.05. The predicted molar refractivity (Wildman–Crippen MR) is 102 cm³/mol. The molecule has 0 aliphatic heterocycles. The Balaban J connectivity index is 1.46. The molecule has 0 unspecified atom stereocenters. The summed E-state index contributed by atoms with van der Waals surface area (Å²) < 4.78 is 7.65. The Kier molecular flexibility index (Phi) is 4.74. The molecule has 7 nitrogen and oxygen atoms in total. The van der Waals surface area contributed by atoms with Gasteiger partial charge in [-0.3, -0.25) is 4.79 Å². The highest BCUT2D eigenvalue weighted by Crippen LogP contribution is 2.21. The zero-order valence-electron chi connectivity index (χ0n) is 14.4. The van der Waals surface area contributed by atoms with Gasteiger partial charge in [0, 0.05) is 11.3 Å². The Labute approximate surface area is 155 Å². The van der Waals surface area contributed by atoms with Crippen molar-refractivity contribution in [2.24, 2.45) is 0 Å². The summed E-state index contributed by atoms with van der Waals surface area (Å²) in [5, 5.41) is 3.27. The number of hydrogen-bond donors (Lipinski definition) is 1. The lowest BCUT2D eigenvalue weighted by molar-refractivity contribution is 0.112. The fourth-order valence-electron chi connectivity index (χ4n) is 2.70. The number of nitrogens with zero attached hydrogens (tertiary/aromatic N) is 4. The van der Waals surface area contributed by atoms with E-state index in [1.165, 1.54) is 6.33 Å². The molecule has 0 aliphatic rings. The average molecular weight is 359 g/mol. The lowest BCUT2D eigenvalue weighted by atomic mass is 10.2. The van der Waals surface area contributed by atoms with Crippen molar-refractivity contribution < 1.29 is 9.53 Å². The highest BCUT2D eigenvalue weighted by Gasteiger charge is 2.10. The standard InChI is InChI=1S/C20H17N5O2/c26-12-15-6-8-17(9-7-15)27-11-10-25-14-23-18-19(21-13-22-20(18)25)24-16-4-2-1-3-5-16/h1-9,12-14H,10-11H2,(H,21,22,24). The summed E-state index contributed by atoms with van der Waals surface area (Å²) in [5.41, 5.74) is 3.01. The number of nitrogens with one attached hydrogen (secondary N) is 1. The fraction of sp³-hybridized carbons (Fsp3) is 0.100. The maximum Gasteiger partial charge on any atom is 0.165 e. The molecule has 2 heterocycles. The molecular formula is C20H17N5O2. The van der Waals surface area contributed by atoms with Crippen LogP contribution in [0.5, 0.6) is 5.75 Å². The van der Waals surface area contributed by atoms with Crippen molar-refractivity contribution in [2.75, 3.05) is 11.9 Å². The molecule has 0 spiro atoms. The van der Waals surface area contributed by atoms with Gasteiger partial charge in [0.2, 0.25) is 0 Å². The Hall–Kier alpha value is -3.74. The van der Waals surface area contributed by atoms with Crippen molar-refractivity contribution in [1.29, 1.82) is 0 Å². The van der Waals surface area contributed by atoms with Gasteiger partial charge in [-0.1, -0.05) is 18.2 Å². The summed E-state index contributed by atoms with van der Waals surface area (Å²) in [4.78, 5) is 23.8. The number of anilines is 2. The summed E-state index contributed by atoms with van der Waals surface area (Å²) >= 11 is 0. The topological polar surface area (TPSA) is 81.9 Å². The lowest BCUT2D eigenvalue weighted by Gasteiger charge is -2.08. The fourth-order valence-corrected chi connectivity index (χ4v) is 2.70. The molecule has 2 aromatic carbocycles. The van der Waals surface area contributed by atoms with Gasteiger partial charge < -0.3 is 14.6 Å². The van der Waals surface area contributed by atoms with E-state index in [-0.39, 0.29) is 0 Å². The lowest BCUT2D eigenvalue weighted by Crippen LogP contribution is -2.08. The van der Waals surface area contributed by atoms with Crippen molar-refractivity contribution >= 4 is 29.0 Å². The number of aldehydes is 1. The van der Waals surface area contributed by atoms with Gasteiger partial charge in [0.05, 0.1) is 12.9 Å². The molecule has 4 aromatic rings. The van der Waals surface area contributed by atoms with Crippen LogP contribution in [-0.4, -0.2) is 32.4 Å². The molecule has 0 aliphatic carbocycles. The van der Waals surface area contributed by atoms with Gasteiger partial charge in [-0.15, -0.1) is 0 Å². The zero-order valence-corrected chi connectivity index (χ0v) is 14.4. The smallest absolute Gasteiger partial charge is 0.165 e. The number of ether oxygens (including phenoxy) is 1. The van der Waals surface area contributed by atoms with Crippen molar-refractivity contribution in [3.8, 4) is 5.75 Å². The van der Waals surface area contributed by atoms with Crippen LogP contribution < -0.4 is 10.1 Å². The van der Waals surface area contributed by atoms with E-state index < -0.39 is 0 Å². The van der Waals surface area contributed by atoms with Gasteiger partial charge in [-0.05, 0) is 36.4 Å². The van der Waals surface area contributed by atoms with Crippen LogP contribution in [0.25, 0.3) is 11.2 Å². The number of benzene rings is 2. The first-order valence-corrected chi connectivity index (χ1v) is 8.49. The molecule has 0 amide bonds. The van der Waals surface area contributed by atoms with Crippen LogP contribution >= 0.6 is 0 Å². The Bertz CT molecular complexity index is 1050. The van der Waals surface area contributed by atoms with E-state index in [1.54, 1.807) is 30.6 Å². The number of aromatic nitrogens is 4. The third kappa shape index (κ3) is 3.77. The van der Waals surface area contributed by atoms with Gasteiger partial charge in [0.1, 0.15) is 25.0 Å². The van der Waals surface area contributed by atoms with Gasteiger partial charge in [0.25, 0.3) is 0 Å². The number of carbonyl (C=O) groups is 1. The molecule has 0 saturated heterocycles.